The number of halogens is 2. The van der Waals surface area contributed by atoms with Gasteiger partial charge in [0.05, 0.1) is 10.7 Å². The Kier molecular flexibility index (Phi) is 4.51. The summed E-state index contributed by atoms with van der Waals surface area (Å²) in [7, 11) is 0. The molecular weight excluding hydrogens is 331 g/mol. The van der Waals surface area contributed by atoms with E-state index in [-0.39, 0.29) is 18.0 Å². The lowest BCUT2D eigenvalue weighted by Crippen LogP contribution is -2.45. The number of carbonyl (C=O) groups excluding carboxylic acids is 1. The normalized spacial score (nSPS) is 17.7. The maximum absolute atomic E-state index is 12.7. The standard InChI is InChI=1S/C18H18Cl2N2O/c1-11-9-13-5-3-4-6-17(13)22(11)12(2)18(23)21-16-10-14(19)7-8-15(16)20/h3-8,10-12H,9H2,1-2H3,(H,21,23). The van der Waals surface area contributed by atoms with Crippen LogP contribution in [0.25, 0.3) is 0 Å². The first-order chi connectivity index (χ1) is 11.0. The van der Waals surface area contributed by atoms with Crippen LogP contribution in [0.1, 0.15) is 19.4 Å². The summed E-state index contributed by atoms with van der Waals surface area (Å²) >= 11 is 12.1. The molecule has 1 N–H and O–H groups in total. The summed E-state index contributed by atoms with van der Waals surface area (Å²) in [5, 5.41) is 3.90. The zero-order valence-corrected chi connectivity index (χ0v) is 14.5. The number of hydrogen-bond acceptors (Lipinski definition) is 2. The van der Waals surface area contributed by atoms with Crippen LogP contribution in [0, 0.1) is 0 Å². The molecule has 1 amide bonds. The fourth-order valence-corrected chi connectivity index (χ4v) is 3.47. The van der Waals surface area contributed by atoms with Gasteiger partial charge in [-0.1, -0.05) is 41.4 Å². The van der Waals surface area contributed by atoms with E-state index in [1.807, 2.05) is 19.1 Å². The maximum Gasteiger partial charge on any atom is 0.246 e. The van der Waals surface area contributed by atoms with E-state index in [4.69, 9.17) is 23.2 Å². The lowest BCUT2D eigenvalue weighted by Gasteiger charge is -2.31. The van der Waals surface area contributed by atoms with Gasteiger partial charge in [-0.25, -0.2) is 0 Å². The Morgan fingerprint density at radius 3 is 2.78 bits per heavy atom. The molecule has 2 aromatic carbocycles. The predicted octanol–water partition coefficient (Wildman–Crippen LogP) is 4.77. The molecule has 5 heteroatoms. The van der Waals surface area contributed by atoms with E-state index in [1.165, 1.54) is 5.56 Å². The molecule has 1 heterocycles. The zero-order valence-electron chi connectivity index (χ0n) is 13.0. The molecule has 0 bridgehead atoms. The second-order valence-corrected chi connectivity index (χ2v) is 6.72. The van der Waals surface area contributed by atoms with Gasteiger partial charge in [0.1, 0.15) is 6.04 Å². The molecule has 2 atom stereocenters. The Balaban J connectivity index is 1.81. The molecule has 0 fully saturated rings. The van der Waals surface area contributed by atoms with Crippen LogP contribution < -0.4 is 10.2 Å². The summed E-state index contributed by atoms with van der Waals surface area (Å²) < 4.78 is 0. The van der Waals surface area contributed by atoms with Crippen LogP contribution in [0.4, 0.5) is 11.4 Å². The topological polar surface area (TPSA) is 32.3 Å². The van der Waals surface area contributed by atoms with E-state index in [0.717, 1.165) is 12.1 Å². The smallest absolute Gasteiger partial charge is 0.246 e. The van der Waals surface area contributed by atoms with Crippen molar-refractivity contribution in [2.45, 2.75) is 32.4 Å². The van der Waals surface area contributed by atoms with Gasteiger partial charge in [-0.05, 0) is 50.1 Å². The van der Waals surface area contributed by atoms with E-state index in [2.05, 4.69) is 29.3 Å². The molecule has 120 valence electrons. The average Bonchev–Trinajstić information content (AvgIpc) is 2.86. The quantitative estimate of drug-likeness (QED) is 0.866. The molecule has 0 saturated heterocycles. The molecule has 2 unspecified atom stereocenters. The van der Waals surface area contributed by atoms with Gasteiger partial charge in [-0.3, -0.25) is 4.79 Å². The number of amides is 1. The summed E-state index contributed by atoms with van der Waals surface area (Å²) in [6, 6.07) is 13.2. The highest BCUT2D eigenvalue weighted by Crippen LogP contribution is 2.34. The summed E-state index contributed by atoms with van der Waals surface area (Å²) in [5.74, 6) is -0.0993. The average molecular weight is 349 g/mol. The number of fused-ring (bicyclic) bond motifs is 1. The van der Waals surface area contributed by atoms with E-state index in [1.54, 1.807) is 18.2 Å². The Morgan fingerprint density at radius 1 is 1.26 bits per heavy atom. The summed E-state index contributed by atoms with van der Waals surface area (Å²) in [5.41, 5.74) is 2.94. The summed E-state index contributed by atoms with van der Waals surface area (Å²) in [4.78, 5) is 14.8. The van der Waals surface area contributed by atoms with Gasteiger partial charge in [0.15, 0.2) is 0 Å². The molecule has 1 aliphatic heterocycles. The van der Waals surface area contributed by atoms with Crippen LogP contribution in [0.3, 0.4) is 0 Å². The lowest BCUT2D eigenvalue weighted by atomic mass is 10.1. The molecular formula is C18H18Cl2N2O. The number of anilines is 2. The fraction of sp³-hybridized carbons (Fsp3) is 0.278. The SMILES string of the molecule is CC1Cc2ccccc2N1C(C)C(=O)Nc1cc(Cl)ccc1Cl. The molecule has 0 aromatic heterocycles. The van der Waals surface area contributed by atoms with Crippen LogP contribution in [0.15, 0.2) is 42.5 Å². The third-order valence-electron chi connectivity index (χ3n) is 4.24. The van der Waals surface area contributed by atoms with E-state index < -0.39 is 0 Å². The van der Waals surface area contributed by atoms with E-state index >= 15 is 0 Å². The van der Waals surface area contributed by atoms with Crippen molar-refractivity contribution in [1.29, 1.82) is 0 Å². The second kappa shape index (κ2) is 6.42. The Bertz CT molecular complexity index is 748. The number of hydrogen-bond donors (Lipinski definition) is 1. The fourth-order valence-electron chi connectivity index (χ4n) is 3.14. The Labute approximate surface area is 146 Å². The molecule has 2 aromatic rings. The van der Waals surface area contributed by atoms with Crippen molar-refractivity contribution in [1.82, 2.24) is 0 Å². The molecule has 3 nitrogen and oxygen atoms in total. The van der Waals surface area contributed by atoms with E-state index in [0.29, 0.717) is 15.7 Å². The molecule has 0 aliphatic carbocycles. The number of carbonyl (C=O) groups is 1. The van der Waals surface area contributed by atoms with E-state index in [9.17, 15) is 4.79 Å². The minimum absolute atomic E-state index is 0.0993. The maximum atomic E-state index is 12.7. The van der Waals surface area contributed by atoms with Crippen LogP contribution in [-0.2, 0) is 11.2 Å². The van der Waals surface area contributed by atoms with Gasteiger partial charge in [-0.15, -0.1) is 0 Å². The number of benzene rings is 2. The van der Waals surface area contributed by atoms with Crippen LogP contribution in [-0.4, -0.2) is 18.0 Å². The molecule has 0 radical (unpaired) electrons. The van der Waals surface area contributed by atoms with Crippen LogP contribution in [0.2, 0.25) is 10.0 Å². The van der Waals surface area contributed by atoms with Crippen molar-refractivity contribution >= 4 is 40.5 Å². The van der Waals surface area contributed by atoms with Gasteiger partial charge in [0.25, 0.3) is 0 Å². The van der Waals surface area contributed by atoms with Crippen molar-refractivity contribution < 1.29 is 4.79 Å². The molecule has 0 spiro atoms. The van der Waals surface area contributed by atoms with Crippen molar-refractivity contribution in [2.24, 2.45) is 0 Å². The predicted molar refractivity (Wildman–Crippen MR) is 96.6 cm³/mol. The summed E-state index contributed by atoms with van der Waals surface area (Å²) in [6.45, 7) is 4.04. The van der Waals surface area contributed by atoms with Gasteiger partial charge in [0.2, 0.25) is 5.91 Å². The first-order valence-corrected chi connectivity index (χ1v) is 8.35. The molecule has 1 aliphatic rings. The minimum Gasteiger partial charge on any atom is -0.357 e. The highest BCUT2D eigenvalue weighted by Gasteiger charge is 2.32. The van der Waals surface area contributed by atoms with Crippen molar-refractivity contribution in [3.05, 3.63) is 58.1 Å². The molecule has 23 heavy (non-hydrogen) atoms. The lowest BCUT2D eigenvalue weighted by molar-refractivity contribution is -0.117. The third kappa shape index (κ3) is 3.17. The van der Waals surface area contributed by atoms with Gasteiger partial charge < -0.3 is 10.2 Å². The van der Waals surface area contributed by atoms with Crippen LogP contribution in [0.5, 0.6) is 0 Å². The van der Waals surface area contributed by atoms with Crippen molar-refractivity contribution in [2.75, 3.05) is 10.2 Å². The summed E-state index contributed by atoms with van der Waals surface area (Å²) in [6.07, 6.45) is 0.950. The Morgan fingerprint density at radius 2 is 2.00 bits per heavy atom. The highest BCUT2D eigenvalue weighted by atomic mass is 35.5. The minimum atomic E-state index is -0.302. The highest BCUT2D eigenvalue weighted by molar-refractivity contribution is 6.35. The van der Waals surface area contributed by atoms with Crippen LogP contribution >= 0.6 is 23.2 Å². The molecule has 0 saturated carbocycles. The third-order valence-corrected chi connectivity index (χ3v) is 4.81. The Hall–Kier alpha value is -1.71. The van der Waals surface area contributed by atoms with Gasteiger partial charge >= 0.3 is 0 Å². The molecule has 3 rings (SSSR count). The van der Waals surface area contributed by atoms with Gasteiger partial charge in [-0.2, -0.15) is 0 Å². The largest absolute Gasteiger partial charge is 0.357 e. The first-order valence-electron chi connectivity index (χ1n) is 7.59. The number of para-hydroxylation sites is 1. The number of rotatable bonds is 3. The monoisotopic (exact) mass is 348 g/mol. The van der Waals surface area contributed by atoms with Crippen molar-refractivity contribution in [3.63, 3.8) is 0 Å². The number of nitrogens with zero attached hydrogens (tertiary/aromatic N) is 1. The number of nitrogens with one attached hydrogen (secondary N) is 1. The first kappa shape index (κ1) is 16.2. The second-order valence-electron chi connectivity index (χ2n) is 5.88. The van der Waals surface area contributed by atoms with Crippen molar-refractivity contribution in [3.8, 4) is 0 Å². The zero-order chi connectivity index (χ0) is 16.6. The van der Waals surface area contributed by atoms with Gasteiger partial charge in [0, 0.05) is 16.8 Å².